The Hall–Kier alpha value is -3.59. The minimum absolute atomic E-state index is 0.0651. The number of aryl methyl sites for hydroxylation is 1. The normalized spacial score (nSPS) is 10.4. The first-order valence-corrected chi connectivity index (χ1v) is 9.53. The minimum Gasteiger partial charge on any atom is -0.423 e. The second-order valence-electron chi connectivity index (χ2n) is 6.02. The third-order valence-corrected chi connectivity index (χ3v) is 4.86. The number of nitrogens with zero attached hydrogens (tertiary/aromatic N) is 2. The molecule has 3 rings (SSSR count). The number of carbonyl (C=O) groups excluding carboxylic acids is 3. The van der Waals surface area contributed by atoms with Crippen LogP contribution in [0.3, 0.4) is 0 Å². The number of thioether (sulfide) groups is 1. The quantitative estimate of drug-likeness (QED) is 0.351. The number of hydrogen-bond acceptors (Lipinski definition) is 6. The molecule has 1 aromatic heterocycles. The maximum absolute atomic E-state index is 12.5. The number of ether oxygens (including phenoxy) is 1. The lowest BCUT2D eigenvalue weighted by molar-refractivity contribution is -0.115. The third kappa shape index (κ3) is 5.45. The van der Waals surface area contributed by atoms with Crippen LogP contribution < -0.4 is 15.8 Å². The minimum atomic E-state index is -0.551. The molecule has 0 aliphatic heterocycles. The molecule has 0 saturated heterocycles. The maximum Gasteiger partial charge on any atom is 0.344 e. The highest BCUT2D eigenvalue weighted by Gasteiger charge is 2.15. The fraction of sp³-hybridized carbons (Fsp3) is 0.100. The molecule has 0 spiro atoms. The number of rotatable bonds is 7. The van der Waals surface area contributed by atoms with Gasteiger partial charge in [-0.15, -0.1) is 11.8 Å². The van der Waals surface area contributed by atoms with Crippen LogP contribution in [0.5, 0.6) is 5.75 Å². The first-order chi connectivity index (χ1) is 13.9. The number of aromatic nitrogens is 2. The number of nitrogens with two attached hydrogens (primary N) is 1. The van der Waals surface area contributed by atoms with E-state index in [2.05, 4.69) is 10.4 Å². The van der Waals surface area contributed by atoms with Gasteiger partial charge >= 0.3 is 5.97 Å². The van der Waals surface area contributed by atoms with Crippen LogP contribution in [0.4, 0.5) is 5.69 Å². The summed E-state index contributed by atoms with van der Waals surface area (Å²) in [5, 5.41) is 6.70. The van der Waals surface area contributed by atoms with Crippen molar-refractivity contribution < 1.29 is 19.1 Å². The van der Waals surface area contributed by atoms with E-state index in [9.17, 15) is 14.4 Å². The average Bonchev–Trinajstić information content (AvgIpc) is 3.14. The summed E-state index contributed by atoms with van der Waals surface area (Å²) in [5.41, 5.74) is 6.50. The van der Waals surface area contributed by atoms with Crippen LogP contribution in [0.25, 0.3) is 0 Å². The van der Waals surface area contributed by atoms with E-state index in [4.69, 9.17) is 10.5 Å². The van der Waals surface area contributed by atoms with E-state index in [0.29, 0.717) is 27.5 Å². The van der Waals surface area contributed by atoms with Gasteiger partial charge in [-0.25, -0.2) is 4.79 Å². The smallest absolute Gasteiger partial charge is 0.344 e. The van der Waals surface area contributed by atoms with Crippen molar-refractivity contribution in [2.24, 2.45) is 12.8 Å². The highest BCUT2D eigenvalue weighted by molar-refractivity contribution is 8.00. The molecular weight excluding hydrogens is 392 g/mol. The summed E-state index contributed by atoms with van der Waals surface area (Å²) < 4.78 is 6.94. The molecular formula is C20H18N4O4S. The molecule has 0 bridgehead atoms. The Balaban J connectivity index is 1.64. The highest BCUT2D eigenvalue weighted by Crippen LogP contribution is 2.24. The lowest BCUT2D eigenvalue weighted by Crippen LogP contribution is -2.14. The molecule has 148 valence electrons. The van der Waals surface area contributed by atoms with Gasteiger partial charge in [-0.1, -0.05) is 12.1 Å². The third-order valence-electron chi connectivity index (χ3n) is 3.77. The van der Waals surface area contributed by atoms with Crippen molar-refractivity contribution in [3.05, 3.63) is 72.1 Å². The SMILES string of the molecule is Cn1cc(C(=O)Nc2ccc(OC(=O)c3ccccc3SCC(N)=O)cc2)cn1. The van der Waals surface area contributed by atoms with E-state index < -0.39 is 11.9 Å². The summed E-state index contributed by atoms with van der Waals surface area (Å²) in [6.45, 7) is 0. The monoisotopic (exact) mass is 410 g/mol. The van der Waals surface area contributed by atoms with Crippen molar-refractivity contribution in [1.82, 2.24) is 9.78 Å². The van der Waals surface area contributed by atoms with E-state index in [1.165, 1.54) is 22.6 Å². The van der Waals surface area contributed by atoms with Crippen LogP contribution in [0.1, 0.15) is 20.7 Å². The fourth-order valence-corrected chi connectivity index (χ4v) is 3.20. The zero-order chi connectivity index (χ0) is 20.8. The van der Waals surface area contributed by atoms with Crippen LogP contribution in [-0.4, -0.2) is 33.3 Å². The molecule has 8 nitrogen and oxygen atoms in total. The Bertz CT molecular complexity index is 1050. The van der Waals surface area contributed by atoms with Crippen molar-refractivity contribution in [2.45, 2.75) is 4.90 Å². The Morgan fingerprint density at radius 1 is 1.14 bits per heavy atom. The van der Waals surface area contributed by atoms with Crippen molar-refractivity contribution in [3.63, 3.8) is 0 Å². The Labute approximate surface area is 171 Å². The predicted octanol–water partition coefficient (Wildman–Crippen LogP) is 2.47. The molecule has 0 saturated carbocycles. The zero-order valence-corrected chi connectivity index (χ0v) is 16.3. The maximum atomic E-state index is 12.5. The summed E-state index contributed by atoms with van der Waals surface area (Å²) in [7, 11) is 1.73. The summed E-state index contributed by atoms with van der Waals surface area (Å²) >= 11 is 1.17. The van der Waals surface area contributed by atoms with Gasteiger partial charge in [0.05, 0.1) is 23.1 Å². The standard InChI is InChI=1S/C20H18N4O4S/c1-24-11-13(10-22-24)19(26)23-14-6-8-15(9-7-14)28-20(27)16-4-2-3-5-17(16)29-12-18(21)25/h2-11H,12H2,1H3,(H2,21,25)(H,23,26). The Morgan fingerprint density at radius 3 is 2.52 bits per heavy atom. The van der Waals surface area contributed by atoms with Gasteiger partial charge in [0, 0.05) is 23.8 Å². The molecule has 0 atom stereocenters. The zero-order valence-electron chi connectivity index (χ0n) is 15.5. The van der Waals surface area contributed by atoms with Crippen molar-refractivity contribution in [1.29, 1.82) is 0 Å². The van der Waals surface area contributed by atoms with E-state index in [0.717, 1.165) is 0 Å². The molecule has 0 aliphatic rings. The van der Waals surface area contributed by atoms with Gasteiger partial charge < -0.3 is 15.8 Å². The number of benzene rings is 2. The lowest BCUT2D eigenvalue weighted by Gasteiger charge is -2.09. The molecule has 1 heterocycles. The summed E-state index contributed by atoms with van der Waals surface area (Å²) in [4.78, 5) is 36.2. The fourth-order valence-electron chi connectivity index (χ4n) is 2.42. The number of nitrogens with one attached hydrogen (secondary N) is 1. The molecule has 29 heavy (non-hydrogen) atoms. The van der Waals surface area contributed by atoms with Gasteiger partial charge in [0.15, 0.2) is 0 Å². The number of esters is 1. The molecule has 9 heteroatoms. The first-order valence-electron chi connectivity index (χ1n) is 8.55. The molecule has 0 aliphatic carbocycles. The summed E-state index contributed by atoms with van der Waals surface area (Å²) in [6.07, 6.45) is 3.08. The van der Waals surface area contributed by atoms with Gasteiger partial charge in [-0.05, 0) is 36.4 Å². The molecule has 0 unspecified atom stereocenters. The van der Waals surface area contributed by atoms with E-state index in [1.54, 1.807) is 61.8 Å². The van der Waals surface area contributed by atoms with Gasteiger partial charge in [0.1, 0.15) is 5.75 Å². The number of carbonyl (C=O) groups is 3. The van der Waals surface area contributed by atoms with Crippen molar-refractivity contribution in [3.8, 4) is 5.75 Å². The molecule has 3 N–H and O–H groups in total. The lowest BCUT2D eigenvalue weighted by atomic mass is 10.2. The second-order valence-corrected chi connectivity index (χ2v) is 7.04. The van der Waals surface area contributed by atoms with Gasteiger partial charge in [-0.3, -0.25) is 14.3 Å². The van der Waals surface area contributed by atoms with Crippen LogP contribution in [-0.2, 0) is 11.8 Å². The van der Waals surface area contributed by atoms with Crippen LogP contribution in [0.2, 0.25) is 0 Å². The number of amides is 2. The van der Waals surface area contributed by atoms with Crippen molar-refractivity contribution in [2.75, 3.05) is 11.1 Å². The summed E-state index contributed by atoms with van der Waals surface area (Å²) in [6, 6.07) is 13.2. The average molecular weight is 410 g/mol. The largest absolute Gasteiger partial charge is 0.423 e. The predicted molar refractivity (Wildman–Crippen MR) is 109 cm³/mol. The topological polar surface area (TPSA) is 116 Å². The summed E-state index contributed by atoms with van der Waals surface area (Å²) in [5.74, 6) is -0.922. The molecule has 0 fully saturated rings. The molecule has 2 aromatic carbocycles. The number of anilines is 1. The Morgan fingerprint density at radius 2 is 1.86 bits per heavy atom. The van der Waals surface area contributed by atoms with Gasteiger partial charge in [0.25, 0.3) is 5.91 Å². The second kappa shape index (κ2) is 9.07. The Kier molecular flexibility index (Phi) is 6.30. The highest BCUT2D eigenvalue weighted by atomic mass is 32.2. The van der Waals surface area contributed by atoms with E-state index >= 15 is 0 Å². The first kappa shape index (κ1) is 20.2. The van der Waals surface area contributed by atoms with E-state index in [1.807, 2.05) is 0 Å². The van der Waals surface area contributed by atoms with Crippen LogP contribution in [0.15, 0.2) is 65.8 Å². The number of hydrogen-bond donors (Lipinski definition) is 2. The molecule has 2 amide bonds. The van der Waals surface area contributed by atoms with Crippen LogP contribution in [0, 0.1) is 0 Å². The van der Waals surface area contributed by atoms with Gasteiger partial charge in [0.2, 0.25) is 5.91 Å². The number of primary amides is 1. The molecule has 0 radical (unpaired) electrons. The van der Waals surface area contributed by atoms with Crippen LogP contribution >= 0.6 is 11.8 Å². The van der Waals surface area contributed by atoms with Gasteiger partial charge in [-0.2, -0.15) is 5.10 Å². The van der Waals surface area contributed by atoms with E-state index in [-0.39, 0.29) is 11.7 Å². The van der Waals surface area contributed by atoms with Crippen molar-refractivity contribution >= 4 is 35.2 Å². The molecule has 3 aromatic rings.